The van der Waals surface area contributed by atoms with Gasteiger partial charge in [-0.3, -0.25) is 4.79 Å². The topological polar surface area (TPSA) is 42.2 Å². The zero-order valence-electron chi connectivity index (χ0n) is 14.5. The lowest BCUT2D eigenvalue weighted by atomic mass is 10.1. The first kappa shape index (κ1) is 16.2. The molecular weight excluding hydrogens is 322 g/mol. The third kappa shape index (κ3) is 3.52. The first-order valence-electron chi connectivity index (χ1n) is 8.62. The minimum atomic E-state index is -0.0228. The average Bonchev–Trinajstić information content (AvgIpc) is 3.08. The minimum absolute atomic E-state index is 0.0228. The molecule has 0 atom stereocenters. The second-order valence-corrected chi connectivity index (χ2v) is 6.44. The Kier molecular flexibility index (Phi) is 4.28. The molecule has 3 nitrogen and oxygen atoms in total. The van der Waals surface area contributed by atoms with Crippen LogP contribution in [-0.2, 0) is 11.2 Å². The van der Waals surface area contributed by atoms with Crippen molar-refractivity contribution in [2.45, 2.75) is 13.3 Å². The van der Waals surface area contributed by atoms with E-state index in [-0.39, 0.29) is 5.91 Å². The van der Waals surface area contributed by atoms with E-state index in [4.69, 9.17) is 4.42 Å². The molecule has 0 aliphatic rings. The van der Waals surface area contributed by atoms with E-state index in [0.29, 0.717) is 6.42 Å². The van der Waals surface area contributed by atoms with Crippen molar-refractivity contribution in [3.05, 3.63) is 90.0 Å². The molecule has 0 fully saturated rings. The SMILES string of the molecule is Cc1ccc(CC(=O)Nc2ccc(-c3cc4ccccc4o3)cc2)cc1. The fourth-order valence-corrected chi connectivity index (χ4v) is 2.94. The molecule has 1 heterocycles. The van der Waals surface area contributed by atoms with E-state index in [0.717, 1.165) is 33.5 Å². The summed E-state index contributed by atoms with van der Waals surface area (Å²) in [5.41, 5.74) is 4.83. The largest absolute Gasteiger partial charge is 0.456 e. The zero-order valence-corrected chi connectivity index (χ0v) is 14.5. The van der Waals surface area contributed by atoms with Gasteiger partial charge in [-0.25, -0.2) is 0 Å². The standard InChI is InChI=1S/C23H19NO2/c1-16-6-8-17(9-7-16)14-23(25)24-20-12-10-18(11-13-20)22-15-19-4-2-3-5-21(19)26-22/h2-13,15H,14H2,1H3,(H,24,25). The fraction of sp³-hybridized carbons (Fsp3) is 0.0870. The number of anilines is 1. The molecule has 0 saturated carbocycles. The highest BCUT2D eigenvalue weighted by Gasteiger charge is 2.07. The number of amides is 1. The zero-order chi connectivity index (χ0) is 17.9. The summed E-state index contributed by atoms with van der Waals surface area (Å²) < 4.78 is 5.88. The van der Waals surface area contributed by atoms with Gasteiger partial charge < -0.3 is 9.73 Å². The van der Waals surface area contributed by atoms with Gasteiger partial charge in [0.2, 0.25) is 5.91 Å². The number of hydrogen-bond acceptors (Lipinski definition) is 2. The summed E-state index contributed by atoms with van der Waals surface area (Å²) in [7, 11) is 0. The molecule has 0 spiro atoms. The van der Waals surface area contributed by atoms with E-state index in [9.17, 15) is 4.79 Å². The Balaban J connectivity index is 1.45. The Morgan fingerprint density at radius 2 is 1.65 bits per heavy atom. The van der Waals surface area contributed by atoms with Gasteiger partial charge in [0, 0.05) is 16.6 Å². The van der Waals surface area contributed by atoms with Crippen molar-refractivity contribution in [2.75, 3.05) is 5.32 Å². The summed E-state index contributed by atoms with van der Waals surface area (Å²) in [5, 5.41) is 4.02. The number of fused-ring (bicyclic) bond motifs is 1. The number of rotatable bonds is 4. The van der Waals surface area contributed by atoms with Crippen LogP contribution in [0.25, 0.3) is 22.3 Å². The van der Waals surface area contributed by atoms with E-state index in [2.05, 4.69) is 5.32 Å². The maximum Gasteiger partial charge on any atom is 0.228 e. The molecule has 0 aliphatic carbocycles. The lowest BCUT2D eigenvalue weighted by Crippen LogP contribution is -2.14. The summed E-state index contributed by atoms with van der Waals surface area (Å²) in [6, 6.07) is 25.7. The van der Waals surface area contributed by atoms with Gasteiger partial charge in [-0.2, -0.15) is 0 Å². The molecule has 4 rings (SSSR count). The van der Waals surface area contributed by atoms with E-state index in [1.54, 1.807) is 0 Å². The van der Waals surface area contributed by atoms with Gasteiger partial charge in [0.05, 0.1) is 6.42 Å². The molecule has 1 aromatic heterocycles. The first-order chi connectivity index (χ1) is 12.7. The maximum atomic E-state index is 12.2. The summed E-state index contributed by atoms with van der Waals surface area (Å²) in [6.07, 6.45) is 0.367. The average molecular weight is 341 g/mol. The van der Waals surface area contributed by atoms with Gasteiger partial charge in [-0.15, -0.1) is 0 Å². The van der Waals surface area contributed by atoms with Crippen LogP contribution in [-0.4, -0.2) is 5.91 Å². The quantitative estimate of drug-likeness (QED) is 0.526. The van der Waals surface area contributed by atoms with Gasteiger partial charge in [0.1, 0.15) is 11.3 Å². The lowest BCUT2D eigenvalue weighted by molar-refractivity contribution is -0.115. The third-order valence-electron chi connectivity index (χ3n) is 4.36. The minimum Gasteiger partial charge on any atom is -0.456 e. The number of aryl methyl sites for hydroxylation is 1. The Labute approximate surface area is 152 Å². The monoisotopic (exact) mass is 341 g/mol. The number of benzene rings is 3. The van der Waals surface area contributed by atoms with Gasteiger partial charge in [0.25, 0.3) is 0 Å². The molecule has 3 heteroatoms. The van der Waals surface area contributed by atoms with Gasteiger partial charge in [-0.1, -0.05) is 48.0 Å². The molecule has 0 aliphatic heterocycles. The molecule has 3 aromatic carbocycles. The maximum absolute atomic E-state index is 12.2. The Morgan fingerprint density at radius 1 is 0.923 bits per heavy atom. The number of hydrogen-bond donors (Lipinski definition) is 1. The molecule has 0 bridgehead atoms. The molecular formula is C23H19NO2. The van der Waals surface area contributed by atoms with Crippen LogP contribution in [0.4, 0.5) is 5.69 Å². The highest BCUT2D eigenvalue weighted by Crippen LogP contribution is 2.28. The Hall–Kier alpha value is -3.33. The highest BCUT2D eigenvalue weighted by atomic mass is 16.3. The van der Waals surface area contributed by atoms with Crippen LogP contribution in [0.15, 0.2) is 83.3 Å². The number of carbonyl (C=O) groups is 1. The van der Waals surface area contributed by atoms with Crippen LogP contribution in [0, 0.1) is 6.92 Å². The molecule has 26 heavy (non-hydrogen) atoms. The summed E-state index contributed by atoms with van der Waals surface area (Å²) in [4.78, 5) is 12.2. The van der Waals surface area contributed by atoms with Crippen molar-refractivity contribution in [3.8, 4) is 11.3 Å². The van der Waals surface area contributed by atoms with Crippen molar-refractivity contribution >= 4 is 22.6 Å². The molecule has 128 valence electrons. The number of nitrogens with one attached hydrogen (secondary N) is 1. The number of para-hydroxylation sites is 1. The van der Waals surface area contributed by atoms with Crippen molar-refractivity contribution in [2.24, 2.45) is 0 Å². The molecule has 1 N–H and O–H groups in total. The second-order valence-electron chi connectivity index (χ2n) is 6.44. The predicted molar refractivity (Wildman–Crippen MR) is 105 cm³/mol. The molecule has 0 unspecified atom stereocenters. The van der Waals surface area contributed by atoms with Crippen LogP contribution in [0.3, 0.4) is 0 Å². The number of furan rings is 1. The molecule has 1 amide bonds. The Bertz CT molecular complexity index is 1010. The highest BCUT2D eigenvalue weighted by molar-refractivity contribution is 5.92. The summed E-state index contributed by atoms with van der Waals surface area (Å²) in [5.74, 6) is 0.800. The Morgan fingerprint density at radius 3 is 2.38 bits per heavy atom. The van der Waals surface area contributed by atoms with E-state index in [1.807, 2.05) is 85.8 Å². The molecule has 4 aromatic rings. The number of carbonyl (C=O) groups excluding carboxylic acids is 1. The third-order valence-corrected chi connectivity index (χ3v) is 4.36. The van der Waals surface area contributed by atoms with E-state index < -0.39 is 0 Å². The first-order valence-corrected chi connectivity index (χ1v) is 8.62. The second kappa shape index (κ2) is 6.89. The molecule has 0 saturated heterocycles. The van der Waals surface area contributed by atoms with Gasteiger partial charge in [0.15, 0.2) is 0 Å². The van der Waals surface area contributed by atoms with Crippen LogP contribution in [0.5, 0.6) is 0 Å². The van der Waals surface area contributed by atoms with Crippen LogP contribution in [0.2, 0.25) is 0 Å². The van der Waals surface area contributed by atoms with Crippen LogP contribution < -0.4 is 5.32 Å². The lowest BCUT2D eigenvalue weighted by Gasteiger charge is -2.06. The predicted octanol–water partition coefficient (Wildman–Crippen LogP) is 5.59. The normalized spacial score (nSPS) is 10.8. The van der Waals surface area contributed by atoms with E-state index in [1.165, 1.54) is 5.56 Å². The smallest absolute Gasteiger partial charge is 0.228 e. The van der Waals surface area contributed by atoms with Crippen molar-refractivity contribution in [3.63, 3.8) is 0 Å². The van der Waals surface area contributed by atoms with Crippen LogP contribution in [0.1, 0.15) is 11.1 Å². The molecule has 0 radical (unpaired) electrons. The van der Waals surface area contributed by atoms with Crippen molar-refractivity contribution < 1.29 is 9.21 Å². The van der Waals surface area contributed by atoms with Crippen LogP contribution >= 0.6 is 0 Å². The van der Waals surface area contributed by atoms with Crippen molar-refractivity contribution in [1.82, 2.24) is 0 Å². The summed E-state index contributed by atoms with van der Waals surface area (Å²) >= 11 is 0. The van der Waals surface area contributed by atoms with Crippen molar-refractivity contribution in [1.29, 1.82) is 0 Å². The van der Waals surface area contributed by atoms with Gasteiger partial charge >= 0.3 is 0 Å². The fourth-order valence-electron chi connectivity index (χ4n) is 2.94. The van der Waals surface area contributed by atoms with Gasteiger partial charge in [-0.05, 0) is 48.9 Å². The summed E-state index contributed by atoms with van der Waals surface area (Å²) in [6.45, 7) is 2.04. The van der Waals surface area contributed by atoms with E-state index >= 15 is 0 Å².